The summed E-state index contributed by atoms with van der Waals surface area (Å²) >= 11 is 0. The van der Waals surface area contributed by atoms with Crippen LogP contribution in [0.3, 0.4) is 0 Å². The summed E-state index contributed by atoms with van der Waals surface area (Å²) in [6, 6.07) is 9.47. The molecule has 0 aliphatic heterocycles. The van der Waals surface area contributed by atoms with Gasteiger partial charge in [-0.15, -0.1) is 0 Å². The Kier molecular flexibility index (Phi) is 9.83. The Hall–Kier alpha value is -2.74. The smallest absolute Gasteiger partial charge is 1.00 e. The number of halogens is 2. The molecule has 0 unspecified atom stereocenters. The molecular formula is C14H12BF2LiO8. The van der Waals surface area contributed by atoms with Crippen LogP contribution in [0.5, 0.6) is 5.75 Å². The van der Waals surface area contributed by atoms with Gasteiger partial charge in [0.2, 0.25) is 0 Å². The fourth-order valence-corrected chi connectivity index (χ4v) is 1.56. The quantitative estimate of drug-likeness (QED) is 0.551. The van der Waals surface area contributed by atoms with Crippen molar-refractivity contribution in [3.05, 3.63) is 54.1 Å². The monoisotopic (exact) mass is 364 g/mol. The molecule has 0 aromatic heterocycles. The Morgan fingerprint density at radius 1 is 0.962 bits per heavy atom. The third-order valence-electron chi connectivity index (χ3n) is 2.51. The maximum Gasteiger partial charge on any atom is 1.00 e. The van der Waals surface area contributed by atoms with Crippen molar-refractivity contribution in [1.29, 1.82) is 0 Å². The molecule has 0 radical (unpaired) electrons. The van der Waals surface area contributed by atoms with Crippen molar-refractivity contribution < 1.29 is 68.3 Å². The third kappa shape index (κ3) is 8.39. The van der Waals surface area contributed by atoms with Gasteiger partial charge in [-0.25, -0.2) is 18.4 Å². The zero-order valence-electron chi connectivity index (χ0n) is 14.3. The minimum absolute atomic E-state index is 0. The summed E-state index contributed by atoms with van der Waals surface area (Å²) in [6.07, 6.45) is -3.65. The van der Waals surface area contributed by atoms with E-state index in [1.54, 1.807) is 12.1 Å². The van der Waals surface area contributed by atoms with Gasteiger partial charge in [0, 0.05) is 11.6 Å². The molecule has 2 aromatic carbocycles. The second-order valence-corrected chi connectivity index (χ2v) is 4.25. The summed E-state index contributed by atoms with van der Waals surface area (Å²) in [4.78, 5) is 19.1. The Morgan fingerprint density at radius 3 is 1.88 bits per heavy atom. The van der Waals surface area contributed by atoms with E-state index < -0.39 is 31.3 Å². The van der Waals surface area contributed by atoms with E-state index in [1.165, 1.54) is 24.3 Å². The molecule has 4 N–H and O–H groups in total. The molecule has 12 heteroatoms. The van der Waals surface area contributed by atoms with Crippen LogP contribution in [0.15, 0.2) is 42.5 Å². The van der Waals surface area contributed by atoms with E-state index >= 15 is 0 Å². The van der Waals surface area contributed by atoms with Crippen molar-refractivity contribution in [1.82, 2.24) is 0 Å². The summed E-state index contributed by atoms with van der Waals surface area (Å²) in [6.45, 7) is 0. The van der Waals surface area contributed by atoms with E-state index in [2.05, 4.69) is 9.31 Å². The fraction of sp³-hybridized carbons (Fsp3) is 0. The molecule has 26 heavy (non-hydrogen) atoms. The number of carboxylic acid groups (broad SMARTS) is 2. The number of aromatic hydroxyl groups is 1. The SMILES string of the molecule is O=C(O)OB(O)OC(=O)O.Oc1ccc(-c2ccc(F)cc2F)cc1.[H-].[Li+]. The molecule has 0 bridgehead atoms. The summed E-state index contributed by atoms with van der Waals surface area (Å²) in [5.41, 5.74) is 0.918. The van der Waals surface area contributed by atoms with Crippen molar-refractivity contribution in [2.75, 3.05) is 0 Å². The molecule has 0 aliphatic carbocycles. The summed E-state index contributed by atoms with van der Waals surface area (Å²) in [7, 11) is -2.28. The number of phenolic OH excluding ortho intramolecular Hbond substituents is 1. The van der Waals surface area contributed by atoms with Gasteiger partial charge in [0.1, 0.15) is 17.4 Å². The average Bonchev–Trinajstić information content (AvgIpc) is 2.47. The van der Waals surface area contributed by atoms with E-state index in [1.807, 2.05) is 0 Å². The van der Waals surface area contributed by atoms with E-state index in [9.17, 15) is 18.4 Å². The van der Waals surface area contributed by atoms with Crippen LogP contribution >= 0.6 is 0 Å². The molecule has 0 fully saturated rings. The van der Waals surface area contributed by atoms with Gasteiger partial charge in [0.15, 0.2) is 0 Å². The second-order valence-electron chi connectivity index (χ2n) is 4.25. The van der Waals surface area contributed by atoms with Crippen molar-refractivity contribution in [2.24, 2.45) is 0 Å². The minimum atomic E-state index is -2.28. The topological polar surface area (TPSA) is 134 Å². The zero-order chi connectivity index (χ0) is 19.0. The molecule has 0 saturated heterocycles. The predicted octanol–water partition coefficient (Wildman–Crippen LogP) is -0.193. The Balaban J connectivity index is 0. The first-order valence-corrected chi connectivity index (χ1v) is 6.40. The molecule has 2 aromatic rings. The largest absolute Gasteiger partial charge is 1.00 e. The van der Waals surface area contributed by atoms with Gasteiger partial charge < -0.3 is 31.1 Å². The van der Waals surface area contributed by atoms with Crippen molar-refractivity contribution in [3.63, 3.8) is 0 Å². The molecule has 0 heterocycles. The maximum atomic E-state index is 13.3. The van der Waals surface area contributed by atoms with Crippen LogP contribution in [0.1, 0.15) is 1.43 Å². The standard InChI is InChI=1S/C12H8F2O.C2H3BO7.Li.H/c13-9-3-6-11(12(14)7-9)8-1-4-10(15)5-2-8;4-1(5)9-3(8)10-2(6)7;;/h1-7,15H;8H,(H,4,5)(H,6,7);;/q;;+1;-1. The summed E-state index contributed by atoms with van der Waals surface area (Å²) in [5, 5.41) is 32.7. The van der Waals surface area contributed by atoms with Gasteiger partial charge in [0.25, 0.3) is 0 Å². The van der Waals surface area contributed by atoms with Gasteiger partial charge in [0.05, 0.1) is 0 Å². The first kappa shape index (κ1) is 23.3. The van der Waals surface area contributed by atoms with Gasteiger partial charge in [-0.1, -0.05) is 12.1 Å². The number of hydrogen-bond donors (Lipinski definition) is 4. The van der Waals surface area contributed by atoms with E-state index in [0.717, 1.165) is 6.07 Å². The number of rotatable bonds is 3. The van der Waals surface area contributed by atoms with Crippen molar-refractivity contribution >= 4 is 19.6 Å². The number of benzene rings is 2. The van der Waals surface area contributed by atoms with Crippen LogP contribution in [0.4, 0.5) is 18.4 Å². The number of hydrogen-bond acceptors (Lipinski definition) is 6. The van der Waals surface area contributed by atoms with E-state index in [-0.39, 0.29) is 26.0 Å². The molecule has 0 spiro atoms. The van der Waals surface area contributed by atoms with Gasteiger partial charge in [-0.05, 0) is 29.8 Å². The molecule has 0 atom stereocenters. The Morgan fingerprint density at radius 2 is 1.46 bits per heavy atom. The molecule has 0 aliphatic rings. The van der Waals surface area contributed by atoms with Crippen LogP contribution < -0.4 is 18.9 Å². The van der Waals surface area contributed by atoms with Gasteiger partial charge in [-0.3, -0.25) is 0 Å². The maximum absolute atomic E-state index is 13.3. The van der Waals surface area contributed by atoms with Crippen LogP contribution in [-0.2, 0) is 9.31 Å². The van der Waals surface area contributed by atoms with Crippen molar-refractivity contribution in [3.8, 4) is 16.9 Å². The second kappa shape index (κ2) is 11.0. The first-order chi connectivity index (χ1) is 11.7. The van der Waals surface area contributed by atoms with Gasteiger partial charge >= 0.3 is 38.5 Å². The molecule has 0 saturated carbocycles. The number of carbonyl (C=O) groups is 2. The normalized spacial score (nSPS) is 9.04. The van der Waals surface area contributed by atoms with Crippen molar-refractivity contribution in [2.45, 2.75) is 0 Å². The first-order valence-electron chi connectivity index (χ1n) is 6.40. The zero-order valence-corrected chi connectivity index (χ0v) is 13.3. The molecule has 0 amide bonds. The summed E-state index contributed by atoms with van der Waals surface area (Å²) in [5.74, 6) is -1.10. The number of phenols is 1. The Bertz CT molecular complexity index is 734. The summed E-state index contributed by atoms with van der Waals surface area (Å²) < 4.78 is 32.8. The molecule has 134 valence electrons. The predicted molar refractivity (Wildman–Crippen MR) is 80.8 cm³/mol. The van der Waals surface area contributed by atoms with Crippen LogP contribution in [0.2, 0.25) is 0 Å². The minimum Gasteiger partial charge on any atom is -1.00 e. The van der Waals surface area contributed by atoms with Crippen LogP contribution in [0, 0.1) is 11.6 Å². The van der Waals surface area contributed by atoms with E-state index in [0.29, 0.717) is 11.1 Å². The molecule has 8 nitrogen and oxygen atoms in total. The third-order valence-corrected chi connectivity index (χ3v) is 2.51. The fourth-order valence-electron chi connectivity index (χ4n) is 1.56. The van der Waals surface area contributed by atoms with E-state index in [4.69, 9.17) is 20.3 Å². The molecular weight excluding hydrogens is 352 g/mol. The average molecular weight is 364 g/mol. The molecule has 2 rings (SSSR count). The van der Waals surface area contributed by atoms with Crippen LogP contribution in [0.25, 0.3) is 11.1 Å². The van der Waals surface area contributed by atoms with Gasteiger partial charge in [-0.2, -0.15) is 0 Å². The Labute approximate surface area is 159 Å². The van der Waals surface area contributed by atoms with Crippen LogP contribution in [-0.4, -0.2) is 40.0 Å².